The third-order valence-corrected chi connectivity index (χ3v) is 3.06. The van der Waals surface area contributed by atoms with E-state index in [1.54, 1.807) is 6.20 Å². The summed E-state index contributed by atoms with van der Waals surface area (Å²) in [5.41, 5.74) is 2.87. The van der Waals surface area contributed by atoms with Crippen LogP contribution in [-0.4, -0.2) is 9.97 Å². The molecule has 0 spiro atoms. The number of aryl methyl sites for hydroxylation is 1. The first-order valence-electron chi connectivity index (χ1n) is 5.13. The predicted octanol–water partition coefficient (Wildman–Crippen LogP) is 3.81. The van der Waals surface area contributed by atoms with Crippen molar-refractivity contribution in [1.29, 1.82) is 0 Å². The summed E-state index contributed by atoms with van der Waals surface area (Å²) in [7, 11) is 0. The summed E-state index contributed by atoms with van der Waals surface area (Å²) in [6, 6.07) is 7.72. The molecule has 1 N–H and O–H groups in total. The summed E-state index contributed by atoms with van der Waals surface area (Å²) in [6.45, 7) is 2.61. The zero-order chi connectivity index (χ0) is 12.3. The third kappa shape index (κ3) is 3.17. The van der Waals surface area contributed by atoms with E-state index in [-0.39, 0.29) is 0 Å². The Bertz CT molecular complexity index is 511. The van der Waals surface area contributed by atoms with Crippen molar-refractivity contribution in [2.75, 3.05) is 5.32 Å². The van der Waals surface area contributed by atoms with Crippen LogP contribution >= 0.6 is 27.5 Å². The van der Waals surface area contributed by atoms with Crippen LogP contribution in [0.1, 0.15) is 11.3 Å². The zero-order valence-electron chi connectivity index (χ0n) is 9.24. The van der Waals surface area contributed by atoms with Gasteiger partial charge in [0.25, 0.3) is 0 Å². The first-order valence-corrected chi connectivity index (χ1v) is 6.30. The van der Waals surface area contributed by atoms with Crippen molar-refractivity contribution in [1.82, 2.24) is 9.97 Å². The Hall–Kier alpha value is -1.13. The van der Waals surface area contributed by atoms with E-state index in [2.05, 4.69) is 31.2 Å². The molecule has 0 saturated carbocycles. The highest BCUT2D eigenvalue weighted by Crippen LogP contribution is 2.23. The first-order chi connectivity index (χ1) is 8.16. The van der Waals surface area contributed by atoms with Crippen LogP contribution in [0.15, 0.2) is 35.1 Å². The fourth-order valence-corrected chi connectivity index (χ4v) is 2.12. The lowest BCUT2D eigenvalue weighted by molar-refractivity contribution is 1.02. The van der Waals surface area contributed by atoms with Gasteiger partial charge in [0.1, 0.15) is 4.60 Å². The number of hydrogen-bond donors (Lipinski definition) is 1. The molecule has 0 fully saturated rings. The molecular formula is C12H11BrClN3. The van der Waals surface area contributed by atoms with E-state index in [0.717, 1.165) is 21.5 Å². The highest BCUT2D eigenvalue weighted by Gasteiger charge is 2.04. The molecule has 0 aliphatic heterocycles. The summed E-state index contributed by atoms with van der Waals surface area (Å²) in [4.78, 5) is 8.38. The number of halogens is 2. The molecule has 0 unspecified atom stereocenters. The Labute approximate surface area is 113 Å². The van der Waals surface area contributed by atoms with Gasteiger partial charge < -0.3 is 5.32 Å². The van der Waals surface area contributed by atoms with Gasteiger partial charge in [-0.2, -0.15) is 0 Å². The van der Waals surface area contributed by atoms with Crippen LogP contribution in [0.25, 0.3) is 0 Å². The van der Waals surface area contributed by atoms with Crippen LogP contribution in [-0.2, 0) is 6.54 Å². The average molecular weight is 313 g/mol. The lowest BCUT2D eigenvalue weighted by atomic mass is 10.2. The number of hydrogen-bond acceptors (Lipinski definition) is 3. The number of rotatable bonds is 3. The molecule has 5 heteroatoms. The van der Waals surface area contributed by atoms with Crippen LogP contribution < -0.4 is 5.32 Å². The molecule has 0 amide bonds. The van der Waals surface area contributed by atoms with Gasteiger partial charge in [0.05, 0.1) is 17.9 Å². The maximum atomic E-state index is 6.02. The van der Waals surface area contributed by atoms with Crippen LogP contribution in [0.3, 0.4) is 0 Å². The quantitative estimate of drug-likeness (QED) is 0.876. The van der Waals surface area contributed by atoms with Crippen LogP contribution in [0.2, 0.25) is 5.15 Å². The Morgan fingerprint density at radius 2 is 2.18 bits per heavy atom. The fourth-order valence-electron chi connectivity index (χ4n) is 1.47. The van der Waals surface area contributed by atoms with E-state index in [4.69, 9.17) is 11.6 Å². The number of pyridine rings is 2. The van der Waals surface area contributed by atoms with Crippen molar-refractivity contribution in [2.24, 2.45) is 0 Å². The van der Waals surface area contributed by atoms with Gasteiger partial charge in [-0.1, -0.05) is 17.7 Å². The van der Waals surface area contributed by atoms with E-state index in [0.29, 0.717) is 11.7 Å². The number of nitrogens with zero attached hydrogens (tertiary/aromatic N) is 2. The van der Waals surface area contributed by atoms with Crippen molar-refractivity contribution in [3.05, 3.63) is 51.5 Å². The van der Waals surface area contributed by atoms with E-state index >= 15 is 0 Å². The van der Waals surface area contributed by atoms with Gasteiger partial charge in [0.2, 0.25) is 0 Å². The minimum Gasteiger partial charge on any atom is -0.377 e. The summed E-state index contributed by atoms with van der Waals surface area (Å²) < 4.78 is 0.825. The normalized spacial score (nSPS) is 10.3. The molecule has 2 heterocycles. The van der Waals surface area contributed by atoms with E-state index in [1.165, 1.54) is 0 Å². The van der Waals surface area contributed by atoms with Crippen molar-refractivity contribution in [3.63, 3.8) is 0 Å². The molecule has 0 radical (unpaired) electrons. The smallest absolute Gasteiger partial charge is 0.152 e. The Morgan fingerprint density at radius 3 is 2.88 bits per heavy atom. The maximum absolute atomic E-state index is 6.02. The van der Waals surface area contributed by atoms with Gasteiger partial charge in [0, 0.05) is 6.20 Å². The van der Waals surface area contributed by atoms with Gasteiger partial charge in [0.15, 0.2) is 5.15 Å². The van der Waals surface area contributed by atoms with Crippen molar-refractivity contribution >= 4 is 33.2 Å². The molecule has 88 valence electrons. The third-order valence-electron chi connectivity index (χ3n) is 2.33. The second-order valence-corrected chi connectivity index (χ2v) is 4.77. The highest BCUT2D eigenvalue weighted by atomic mass is 79.9. The maximum Gasteiger partial charge on any atom is 0.152 e. The molecule has 2 aromatic heterocycles. The van der Waals surface area contributed by atoms with Crippen LogP contribution in [0, 0.1) is 6.92 Å². The topological polar surface area (TPSA) is 37.8 Å². The van der Waals surface area contributed by atoms with Crippen LogP contribution in [0.4, 0.5) is 5.69 Å². The van der Waals surface area contributed by atoms with Gasteiger partial charge >= 0.3 is 0 Å². The molecule has 0 aliphatic carbocycles. The molecule has 0 bridgehead atoms. The van der Waals surface area contributed by atoms with E-state index in [9.17, 15) is 0 Å². The lowest BCUT2D eigenvalue weighted by Crippen LogP contribution is -2.04. The second kappa shape index (κ2) is 5.47. The molecule has 0 atom stereocenters. The Balaban J connectivity index is 2.13. The molecule has 2 rings (SSSR count). The molecule has 3 nitrogen and oxygen atoms in total. The van der Waals surface area contributed by atoms with E-state index < -0.39 is 0 Å². The Morgan fingerprint density at radius 1 is 1.35 bits per heavy atom. The number of aromatic nitrogens is 2. The molecule has 2 aromatic rings. The monoisotopic (exact) mass is 311 g/mol. The van der Waals surface area contributed by atoms with Gasteiger partial charge in [-0.25, -0.2) is 9.97 Å². The average Bonchev–Trinajstić information content (AvgIpc) is 2.28. The van der Waals surface area contributed by atoms with Gasteiger partial charge in [-0.05, 0) is 46.6 Å². The summed E-state index contributed by atoms with van der Waals surface area (Å²) in [5.74, 6) is 0. The van der Waals surface area contributed by atoms with Crippen molar-refractivity contribution < 1.29 is 0 Å². The summed E-state index contributed by atoms with van der Waals surface area (Å²) in [6.07, 6.45) is 1.69. The summed E-state index contributed by atoms with van der Waals surface area (Å²) in [5, 5.41) is 3.73. The molecule has 0 aliphatic rings. The standard InChI is InChI=1S/C12H11BrClN3/c1-8-5-6-15-12(14)11(8)16-7-9-3-2-4-10(13)17-9/h2-6,16H,7H2,1H3. The number of anilines is 1. The zero-order valence-corrected chi connectivity index (χ0v) is 11.6. The first kappa shape index (κ1) is 12.3. The molecule has 0 saturated heterocycles. The SMILES string of the molecule is Cc1ccnc(Cl)c1NCc1cccc(Br)n1. The highest BCUT2D eigenvalue weighted by molar-refractivity contribution is 9.10. The minimum atomic E-state index is 0.486. The largest absolute Gasteiger partial charge is 0.377 e. The van der Waals surface area contributed by atoms with Crippen molar-refractivity contribution in [3.8, 4) is 0 Å². The second-order valence-electron chi connectivity index (χ2n) is 3.60. The molecule has 17 heavy (non-hydrogen) atoms. The summed E-state index contributed by atoms with van der Waals surface area (Å²) >= 11 is 9.36. The van der Waals surface area contributed by atoms with Gasteiger partial charge in [-0.15, -0.1) is 0 Å². The predicted molar refractivity (Wildman–Crippen MR) is 73.2 cm³/mol. The van der Waals surface area contributed by atoms with Crippen LogP contribution in [0.5, 0.6) is 0 Å². The van der Waals surface area contributed by atoms with E-state index in [1.807, 2.05) is 31.2 Å². The fraction of sp³-hybridized carbons (Fsp3) is 0.167. The van der Waals surface area contributed by atoms with Gasteiger partial charge in [-0.3, -0.25) is 0 Å². The minimum absolute atomic E-state index is 0.486. The lowest BCUT2D eigenvalue weighted by Gasteiger charge is -2.10. The Kier molecular flexibility index (Phi) is 3.97. The van der Waals surface area contributed by atoms with Crippen molar-refractivity contribution in [2.45, 2.75) is 13.5 Å². The molecule has 0 aromatic carbocycles. The number of nitrogens with one attached hydrogen (secondary N) is 1. The molecular weight excluding hydrogens is 302 g/mol.